The molecule has 2 N–H and O–H groups in total. The molecule has 2 atom stereocenters. The van der Waals surface area contributed by atoms with Crippen LogP contribution in [0.2, 0.25) is 10.0 Å². The maximum Gasteiger partial charge on any atom is 0.248 e. The van der Waals surface area contributed by atoms with Crippen molar-refractivity contribution in [3.63, 3.8) is 0 Å². The van der Waals surface area contributed by atoms with Gasteiger partial charge in [0.25, 0.3) is 0 Å². The Morgan fingerprint density at radius 2 is 1.85 bits per heavy atom. The number of anilines is 1. The molecule has 0 radical (unpaired) electrons. The zero-order valence-corrected chi connectivity index (χ0v) is 20.9. The van der Waals surface area contributed by atoms with Gasteiger partial charge in [0.1, 0.15) is 6.61 Å². The van der Waals surface area contributed by atoms with E-state index in [2.05, 4.69) is 41.4 Å². The molecular weight excluding hydrogens is 457 g/mol. The van der Waals surface area contributed by atoms with Crippen LogP contribution >= 0.6 is 23.2 Å². The van der Waals surface area contributed by atoms with E-state index in [9.17, 15) is 4.79 Å². The van der Waals surface area contributed by atoms with Gasteiger partial charge in [-0.3, -0.25) is 9.69 Å². The SMILES string of the molecule is Cc1ccc(C(C)Nc2cc(C3CCN(C4CCN(C(=O)CO)C4)CC3)ccc2Cl)c(Cl)c1. The van der Waals surface area contributed by atoms with Crippen LogP contribution in [0.5, 0.6) is 0 Å². The molecule has 2 unspecified atom stereocenters. The lowest BCUT2D eigenvalue weighted by Crippen LogP contribution is -2.43. The van der Waals surface area contributed by atoms with E-state index in [4.69, 9.17) is 28.3 Å². The quantitative estimate of drug-likeness (QED) is 0.581. The van der Waals surface area contributed by atoms with Gasteiger partial charge in [0, 0.05) is 24.2 Å². The lowest BCUT2D eigenvalue weighted by molar-refractivity contribution is -0.133. The Labute approximate surface area is 206 Å². The highest BCUT2D eigenvalue weighted by molar-refractivity contribution is 6.33. The van der Waals surface area contributed by atoms with Gasteiger partial charge in [-0.1, -0.05) is 41.4 Å². The van der Waals surface area contributed by atoms with Gasteiger partial charge in [-0.15, -0.1) is 0 Å². The van der Waals surface area contributed by atoms with E-state index in [1.54, 1.807) is 4.90 Å². The number of halogens is 2. The Balaban J connectivity index is 1.38. The molecule has 4 rings (SSSR count). The number of amides is 1. The van der Waals surface area contributed by atoms with Gasteiger partial charge in [0.2, 0.25) is 5.91 Å². The smallest absolute Gasteiger partial charge is 0.248 e. The summed E-state index contributed by atoms with van der Waals surface area (Å²) in [6, 6.07) is 12.9. The van der Waals surface area contributed by atoms with Gasteiger partial charge < -0.3 is 15.3 Å². The van der Waals surface area contributed by atoms with Crippen molar-refractivity contribution < 1.29 is 9.90 Å². The molecule has 5 nitrogen and oxygen atoms in total. The molecule has 2 saturated heterocycles. The summed E-state index contributed by atoms with van der Waals surface area (Å²) < 4.78 is 0. The molecule has 2 aliphatic rings. The summed E-state index contributed by atoms with van der Waals surface area (Å²) in [6.45, 7) is 7.28. The maximum atomic E-state index is 11.8. The fourth-order valence-corrected chi connectivity index (χ4v) is 5.74. The Hall–Kier alpha value is -1.79. The number of carbonyl (C=O) groups is 1. The number of likely N-dealkylation sites (tertiary alicyclic amines) is 2. The predicted octanol–water partition coefficient (Wildman–Crippen LogP) is 5.25. The van der Waals surface area contributed by atoms with Crippen LogP contribution in [0.25, 0.3) is 0 Å². The Bertz CT molecular complexity index is 991. The van der Waals surface area contributed by atoms with Crippen LogP contribution in [0.3, 0.4) is 0 Å². The fourth-order valence-electron chi connectivity index (χ4n) is 5.17. The number of benzene rings is 2. The number of hydrogen-bond acceptors (Lipinski definition) is 4. The normalized spacial score (nSPS) is 20.8. The number of carbonyl (C=O) groups excluding carboxylic acids is 1. The number of nitrogens with one attached hydrogen (secondary N) is 1. The minimum absolute atomic E-state index is 0.0413. The van der Waals surface area contributed by atoms with E-state index < -0.39 is 6.61 Å². The van der Waals surface area contributed by atoms with Gasteiger partial charge in [0.15, 0.2) is 0 Å². The van der Waals surface area contributed by atoms with Crippen molar-refractivity contribution in [3.8, 4) is 0 Å². The third kappa shape index (κ3) is 5.65. The van der Waals surface area contributed by atoms with Crippen LogP contribution in [0, 0.1) is 6.92 Å². The molecule has 0 aromatic heterocycles. The third-order valence-electron chi connectivity index (χ3n) is 7.15. The first-order valence-electron chi connectivity index (χ1n) is 11.8. The number of rotatable bonds is 6. The molecule has 2 aromatic carbocycles. The molecular formula is C26H33Cl2N3O2. The Morgan fingerprint density at radius 3 is 2.55 bits per heavy atom. The molecule has 7 heteroatoms. The van der Waals surface area contributed by atoms with Crippen LogP contribution in [0.15, 0.2) is 36.4 Å². The summed E-state index contributed by atoms with van der Waals surface area (Å²) in [5.41, 5.74) is 4.46. The molecule has 1 amide bonds. The van der Waals surface area contributed by atoms with Crippen molar-refractivity contribution in [2.75, 3.05) is 38.1 Å². The van der Waals surface area contributed by atoms with E-state index in [0.717, 1.165) is 67.3 Å². The number of piperidine rings is 1. The topological polar surface area (TPSA) is 55.8 Å². The van der Waals surface area contributed by atoms with Crippen molar-refractivity contribution in [2.24, 2.45) is 0 Å². The van der Waals surface area contributed by atoms with E-state index in [0.29, 0.717) is 17.0 Å². The fraction of sp³-hybridized carbons (Fsp3) is 0.500. The summed E-state index contributed by atoms with van der Waals surface area (Å²) in [6.07, 6.45) is 3.17. The summed E-state index contributed by atoms with van der Waals surface area (Å²) in [7, 11) is 0. The molecule has 0 aliphatic carbocycles. The predicted molar refractivity (Wildman–Crippen MR) is 135 cm³/mol. The minimum Gasteiger partial charge on any atom is -0.387 e. The highest BCUT2D eigenvalue weighted by atomic mass is 35.5. The van der Waals surface area contributed by atoms with E-state index in [1.807, 2.05) is 19.1 Å². The minimum atomic E-state index is -0.392. The monoisotopic (exact) mass is 489 g/mol. The molecule has 33 heavy (non-hydrogen) atoms. The van der Waals surface area contributed by atoms with Crippen LogP contribution in [0.1, 0.15) is 54.8 Å². The van der Waals surface area contributed by atoms with Gasteiger partial charge in [-0.25, -0.2) is 0 Å². The van der Waals surface area contributed by atoms with Crippen molar-refractivity contribution in [1.29, 1.82) is 0 Å². The number of aryl methyl sites for hydroxylation is 1. The van der Waals surface area contributed by atoms with Crippen LogP contribution < -0.4 is 5.32 Å². The van der Waals surface area contributed by atoms with Gasteiger partial charge in [-0.05, 0) is 87.0 Å². The molecule has 0 saturated carbocycles. The van der Waals surface area contributed by atoms with Crippen molar-refractivity contribution >= 4 is 34.8 Å². The van der Waals surface area contributed by atoms with Crippen LogP contribution in [-0.2, 0) is 4.79 Å². The lowest BCUT2D eigenvalue weighted by Gasteiger charge is -2.36. The van der Waals surface area contributed by atoms with Crippen molar-refractivity contribution in [2.45, 2.75) is 51.1 Å². The zero-order valence-electron chi connectivity index (χ0n) is 19.4. The third-order valence-corrected chi connectivity index (χ3v) is 7.81. The second-order valence-electron chi connectivity index (χ2n) is 9.38. The van der Waals surface area contributed by atoms with Crippen molar-refractivity contribution in [1.82, 2.24) is 9.80 Å². The highest BCUT2D eigenvalue weighted by Crippen LogP contribution is 2.36. The first-order chi connectivity index (χ1) is 15.9. The molecule has 0 bridgehead atoms. The molecule has 2 fully saturated rings. The molecule has 178 valence electrons. The first-order valence-corrected chi connectivity index (χ1v) is 12.6. The standard InChI is InChI=1S/C26H33Cl2N3O2/c1-17-3-5-22(24(28)13-17)18(2)29-25-14-20(4-6-23(25)27)19-7-10-30(11-8-19)21-9-12-31(15-21)26(33)16-32/h3-6,13-14,18-19,21,29,32H,7-12,15-16H2,1-2H3. The Kier molecular flexibility index (Phi) is 7.85. The van der Waals surface area contributed by atoms with Crippen LogP contribution in [0.4, 0.5) is 5.69 Å². The van der Waals surface area contributed by atoms with Gasteiger partial charge >= 0.3 is 0 Å². The second kappa shape index (κ2) is 10.6. The summed E-state index contributed by atoms with van der Waals surface area (Å²) in [5, 5.41) is 14.1. The lowest BCUT2D eigenvalue weighted by atomic mass is 9.88. The summed E-state index contributed by atoms with van der Waals surface area (Å²) in [5.74, 6) is 0.337. The van der Waals surface area contributed by atoms with E-state index >= 15 is 0 Å². The largest absolute Gasteiger partial charge is 0.387 e. The second-order valence-corrected chi connectivity index (χ2v) is 10.2. The summed E-state index contributed by atoms with van der Waals surface area (Å²) >= 11 is 13.0. The average Bonchev–Trinajstić information content (AvgIpc) is 3.30. The molecule has 2 aliphatic heterocycles. The molecule has 2 heterocycles. The molecule has 0 spiro atoms. The van der Waals surface area contributed by atoms with Crippen LogP contribution in [-0.4, -0.2) is 59.6 Å². The number of hydrogen-bond donors (Lipinski definition) is 2. The Morgan fingerprint density at radius 1 is 1.09 bits per heavy atom. The maximum absolute atomic E-state index is 11.8. The highest BCUT2D eigenvalue weighted by Gasteiger charge is 2.32. The van der Waals surface area contributed by atoms with Crippen molar-refractivity contribution in [3.05, 3.63) is 63.1 Å². The first kappa shape index (κ1) is 24.3. The van der Waals surface area contributed by atoms with Gasteiger partial charge in [-0.2, -0.15) is 0 Å². The average molecular weight is 490 g/mol. The zero-order chi connectivity index (χ0) is 23.5. The van der Waals surface area contributed by atoms with Gasteiger partial charge in [0.05, 0.1) is 16.8 Å². The van der Waals surface area contributed by atoms with E-state index in [1.165, 1.54) is 5.56 Å². The number of nitrogens with zero attached hydrogens (tertiary/aromatic N) is 2. The number of aliphatic hydroxyl groups is 1. The van der Waals surface area contributed by atoms with E-state index in [-0.39, 0.29) is 11.9 Å². The molecule has 2 aromatic rings. The number of aliphatic hydroxyl groups excluding tert-OH is 1. The summed E-state index contributed by atoms with van der Waals surface area (Å²) in [4.78, 5) is 16.1.